The highest BCUT2D eigenvalue weighted by molar-refractivity contribution is 6.32. The number of carboxylic acids is 1. The Morgan fingerprint density at radius 3 is 2.26 bits per heavy atom. The molecule has 0 spiro atoms. The third-order valence-electron chi connectivity index (χ3n) is 3.19. The van der Waals surface area contributed by atoms with E-state index in [1.807, 2.05) is 12.1 Å². The molecule has 0 fully saturated rings. The molecule has 6 heteroatoms. The summed E-state index contributed by atoms with van der Waals surface area (Å²) in [5.74, 6) is 0.861. The van der Waals surface area contributed by atoms with Crippen LogP contribution < -0.4 is 14.2 Å². The molecule has 23 heavy (non-hydrogen) atoms. The monoisotopic (exact) mass is 336 g/mol. The molecular formula is C17H17ClO5. The minimum atomic E-state index is -0.903. The molecule has 0 atom stereocenters. The maximum Gasteiger partial charge on any atom is 0.307 e. The first kappa shape index (κ1) is 17.0. The average Bonchev–Trinajstić information content (AvgIpc) is 2.53. The molecule has 2 aromatic rings. The zero-order valence-corrected chi connectivity index (χ0v) is 13.6. The molecule has 0 saturated heterocycles. The molecule has 122 valence electrons. The minimum absolute atomic E-state index is 0.0737. The fourth-order valence-corrected chi connectivity index (χ4v) is 2.34. The largest absolute Gasteiger partial charge is 0.493 e. The van der Waals surface area contributed by atoms with Crippen molar-refractivity contribution in [3.63, 3.8) is 0 Å². The summed E-state index contributed by atoms with van der Waals surface area (Å²) in [5.41, 5.74) is 1.52. The highest BCUT2D eigenvalue weighted by Crippen LogP contribution is 2.30. The molecule has 0 aliphatic heterocycles. The molecule has 2 aromatic carbocycles. The number of carboxylic acid groups (broad SMARTS) is 1. The molecule has 0 heterocycles. The normalized spacial score (nSPS) is 10.2. The Morgan fingerprint density at radius 1 is 1.00 bits per heavy atom. The van der Waals surface area contributed by atoms with Crippen molar-refractivity contribution < 1.29 is 24.1 Å². The number of rotatable bonds is 7. The van der Waals surface area contributed by atoms with Gasteiger partial charge in [0.15, 0.2) is 11.5 Å². The van der Waals surface area contributed by atoms with Crippen LogP contribution in [0.2, 0.25) is 5.02 Å². The molecule has 0 aliphatic carbocycles. The van der Waals surface area contributed by atoms with Crippen LogP contribution >= 0.6 is 11.6 Å². The molecule has 5 nitrogen and oxygen atoms in total. The molecule has 0 aromatic heterocycles. The van der Waals surface area contributed by atoms with E-state index >= 15 is 0 Å². The van der Waals surface area contributed by atoms with E-state index in [2.05, 4.69) is 0 Å². The maximum absolute atomic E-state index is 10.7. The van der Waals surface area contributed by atoms with Crippen LogP contribution in [0.5, 0.6) is 17.2 Å². The number of hydrogen-bond donors (Lipinski definition) is 1. The highest BCUT2D eigenvalue weighted by atomic mass is 35.5. The van der Waals surface area contributed by atoms with Crippen molar-refractivity contribution in [3.8, 4) is 17.2 Å². The lowest BCUT2D eigenvalue weighted by atomic mass is 10.1. The number of ether oxygens (including phenoxy) is 3. The van der Waals surface area contributed by atoms with E-state index in [0.29, 0.717) is 34.4 Å². The Labute approximate surface area is 139 Å². The van der Waals surface area contributed by atoms with Gasteiger partial charge in [-0.15, -0.1) is 0 Å². The van der Waals surface area contributed by atoms with Gasteiger partial charge in [0.2, 0.25) is 0 Å². The van der Waals surface area contributed by atoms with Crippen molar-refractivity contribution in [2.24, 2.45) is 0 Å². The van der Waals surface area contributed by atoms with Gasteiger partial charge in [-0.2, -0.15) is 0 Å². The Kier molecular flexibility index (Phi) is 5.71. The standard InChI is InChI=1S/C17H17ClO5/c1-21-15-6-4-12(8-16(15)22-2)10-23-14-5-3-11(7-13(14)18)9-17(19)20/h3-8H,9-10H2,1-2H3,(H,19,20). The molecule has 2 rings (SSSR count). The summed E-state index contributed by atoms with van der Waals surface area (Å²) < 4.78 is 16.1. The Hall–Kier alpha value is -2.40. The highest BCUT2D eigenvalue weighted by Gasteiger charge is 2.08. The number of benzene rings is 2. The predicted molar refractivity (Wildman–Crippen MR) is 86.7 cm³/mol. The summed E-state index contributed by atoms with van der Waals surface area (Å²) in [6, 6.07) is 10.4. The van der Waals surface area contributed by atoms with E-state index in [0.717, 1.165) is 5.56 Å². The first-order valence-electron chi connectivity index (χ1n) is 6.87. The van der Waals surface area contributed by atoms with E-state index in [1.54, 1.807) is 38.5 Å². The van der Waals surface area contributed by atoms with Crippen LogP contribution in [-0.2, 0) is 17.8 Å². The molecule has 0 bridgehead atoms. The number of hydrogen-bond acceptors (Lipinski definition) is 4. The fourth-order valence-electron chi connectivity index (χ4n) is 2.08. The molecule has 0 unspecified atom stereocenters. The quantitative estimate of drug-likeness (QED) is 0.837. The van der Waals surface area contributed by atoms with Crippen LogP contribution in [0.1, 0.15) is 11.1 Å². The number of methoxy groups -OCH3 is 2. The smallest absolute Gasteiger partial charge is 0.307 e. The second-order valence-electron chi connectivity index (χ2n) is 4.81. The SMILES string of the molecule is COc1ccc(COc2ccc(CC(=O)O)cc2Cl)cc1OC. The zero-order chi connectivity index (χ0) is 16.8. The third kappa shape index (κ3) is 4.53. The van der Waals surface area contributed by atoms with Gasteiger partial charge in [0.1, 0.15) is 12.4 Å². The summed E-state index contributed by atoms with van der Waals surface area (Å²) >= 11 is 6.12. The summed E-state index contributed by atoms with van der Waals surface area (Å²) in [4.78, 5) is 10.7. The number of aliphatic carboxylic acids is 1. The number of halogens is 1. The lowest BCUT2D eigenvalue weighted by Gasteiger charge is -2.12. The molecule has 0 aliphatic rings. The van der Waals surface area contributed by atoms with Gasteiger partial charge in [-0.25, -0.2) is 0 Å². The first-order chi connectivity index (χ1) is 11.0. The van der Waals surface area contributed by atoms with Crippen molar-refractivity contribution in [3.05, 3.63) is 52.5 Å². The molecule has 0 amide bonds. The summed E-state index contributed by atoms with van der Waals surface area (Å²) in [6.07, 6.45) is -0.0737. The maximum atomic E-state index is 10.7. The number of carbonyl (C=O) groups is 1. The predicted octanol–water partition coefficient (Wildman–Crippen LogP) is 3.56. The second kappa shape index (κ2) is 7.74. The van der Waals surface area contributed by atoms with Crippen molar-refractivity contribution >= 4 is 17.6 Å². The van der Waals surface area contributed by atoms with Crippen molar-refractivity contribution in [2.75, 3.05) is 14.2 Å². The van der Waals surface area contributed by atoms with E-state index in [1.165, 1.54) is 0 Å². The van der Waals surface area contributed by atoms with Gasteiger partial charge in [0, 0.05) is 0 Å². The Bertz CT molecular complexity index is 699. The molecule has 1 N–H and O–H groups in total. The van der Waals surface area contributed by atoms with Crippen LogP contribution in [-0.4, -0.2) is 25.3 Å². The second-order valence-corrected chi connectivity index (χ2v) is 5.22. The van der Waals surface area contributed by atoms with Crippen LogP contribution in [0.4, 0.5) is 0 Å². The topological polar surface area (TPSA) is 65.0 Å². The molecular weight excluding hydrogens is 320 g/mol. The van der Waals surface area contributed by atoms with Crippen molar-refractivity contribution in [1.82, 2.24) is 0 Å². The van der Waals surface area contributed by atoms with Gasteiger partial charge in [0.25, 0.3) is 0 Å². The summed E-state index contributed by atoms with van der Waals surface area (Å²) in [7, 11) is 3.15. The van der Waals surface area contributed by atoms with Crippen LogP contribution in [0.15, 0.2) is 36.4 Å². The van der Waals surface area contributed by atoms with Crippen molar-refractivity contribution in [1.29, 1.82) is 0 Å². The minimum Gasteiger partial charge on any atom is -0.493 e. The Balaban J connectivity index is 2.07. The Morgan fingerprint density at radius 2 is 1.65 bits per heavy atom. The van der Waals surface area contributed by atoms with E-state index in [-0.39, 0.29) is 6.42 Å². The molecule has 0 saturated carbocycles. The van der Waals surface area contributed by atoms with Crippen LogP contribution in [0.25, 0.3) is 0 Å². The lowest BCUT2D eigenvalue weighted by Crippen LogP contribution is -2.01. The van der Waals surface area contributed by atoms with Gasteiger partial charge in [-0.05, 0) is 35.4 Å². The summed E-state index contributed by atoms with van der Waals surface area (Å²) in [5, 5.41) is 9.15. The van der Waals surface area contributed by atoms with Gasteiger partial charge in [0.05, 0.1) is 25.7 Å². The fraction of sp³-hybridized carbons (Fsp3) is 0.235. The van der Waals surface area contributed by atoms with E-state index in [9.17, 15) is 4.79 Å². The van der Waals surface area contributed by atoms with Crippen molar-refractivity contribution in [2.45, 2.75) is 13.0 Å². The lowest BCUT2D eigenvalue weighted by molar-refractivity contribution is -0.136. The first-order valence-corrected chi connectivity index (χ1v) is 7.25. The molecule has 0 radical (unpaired) electrons. The van der Waals surface area contributed by atoms with Gasteiger partial charge in [-0.3, -0.25) is 4.79 Å². The van der Waals surface area contributed by atoms with Gasteiger partial charge >= 0.3 is 5.97 Å². The third-order valence-corrected chi connectivity index (χ3v) is 3.49. The average molecular weight is 337 g/mol. The van der Waals surface area contributed by atoms with E-state index in [4.69, 9.17) is 30.9 Å². The van der Waals surface area contributed by atoms with E-state index < -0.39 is 5.97 Å². The van der Waals surface area contributed by atoms with Crippen LogP contribution in [0.3, 0.4) is 0 Å². The van der Waals surface area contributed by atoms with Gasteiger partial charge in [-0.1, -0.05) is 23.7 Å². The van der Waals surface area contributed by atoms with Gasteiger partial charge < -0.3 is 19.3 Å². The summed E-state index contributed by atoms with van der Waals surface area (Å²) in [6.45, 7) is 0.304. The van der Waals surface area contributed by atoms with Crippen LogP contribution in [0, 0.1) is 0 Å². The zero-order valence-electron chi connectivity index (χ0n) is 12.8.